The zero-order valence-electron chi connectivity index (χ0n) is 13.4. The fraction of sp³-hybridized carbons (Fsp3) is 0.176. The maximum absolute atomic E-state index is 13.0. The average molecular weight is 380 g/mol. The van der Waals surface area contributed by atoms with E-state index in [1.165, 1.54) is 11.5 Å². The van der Waals surface area contributed by atoms with E-state index in [1.807, 2.05) is 38.1 Å². The van der Waals surface area contributed by atoms with Crippen LogP contribution in [0.3, 0.4) is 0 Å². The molecule has 0 radical (unpaired) electrons. The summed E-state index contributed by atoms with van der Waals surface area (Å²) in [6.45, 7) is 3.81. The number of hydrogen-bond donors (Lipinski definition) is 0. The first-order valence-electron chi connectivity index (χ1n) is 7.23. The van der Waals surface area contributed by atoms with Crippen LogP contribution in [0.1, 0.15) is 11.1 Å². The van der Waals surface area contributed by atoms with Crippen molar-refractivity contribution < 1.29 is 0 Å². The molecule has 3 rings (SSSR count). The van der Waals surface area contributed by atoms with Crippen LogP contribution in [0.4, 0.5) is 0 Å². The number of rotatable bonds is 2. The zero-order chi connectivity index (χ0) is 17.4. The Balaban J connectivity index is 2.26. The lowest BCUT2D eigenvalue weighted by Crippen LogP contribution is -2.27. The highest BCUT2D eigenvalue weighted by molar-refractivity contribution is 7.03. The lowest BCUT2D eigenvalue weighted by atomic mass is 10.2. The molecular formula is C17H15Cl2N3OS. The first-order valence-corrected chi connectivity index (χ1v) is 8.76. The zero-order valence-corrected chi connectivity index (χ0v) is 15.7. The Morgan fingerprint density at radius 2 is 1.50 bits per heavy atom. The molecule has 0 atom stereocenters. The summed E-state index contributed by atoms with van der Waals surface area (Å²) in [6, 6.07) is 11.0. The normalized spacial score (nSPS) is 12.0. The van der Waals surface area contributed by atoms with Gasteiger partial charge < -0.3 is 0 Å². The summed E-state index contributed by atoms with van der Waals surface area (Å²) >= 11 is 13.5. The van der Waals surface area contributed by atoms with Crippen LogP contribution < -0.4 is 10.5 Å². The van der Waals surface area contributed by atoms with E-state index >= 15 is 0 Å². The number of aryl methyl sites for hydroxylation is 2. The van der Waals surface area contributed by atoms with E-state index in [9.17, 15) is 4.79 Å². The minimum atomic E-state index is -0.177. The molecule has 0 fully saturated rings. The summed E-state index contributed by atoms with van der Waals surface area (Å²) < 4.78 is 3.19. The van der Waals surface area contributed by atoms with E-state index in [0.717, 1.165) is 22.5 Å². The number of hydrogen-bond acceptors (Lipinski definition) is 3. The maximum atomic E-state index is 13.0. The summed E-state index contributed by atoms with van der Waals surface area (Å²) in [4.78, 5) is 17.8. The third-order valence-electron chi connectivity index (χ3n) is 3.70. The molecule has 0 aliphatic carbocycles. The molecular weight excluding hydrogens is 365 g/mol. The van der Waals surface area contributed by atoms with Crippen LogP contribution in [-0.4, -0.2) is 15.6 Å². The van der Waals surface area contributed by atoms with Crippen molar-refractivity contribution in [3.63, 3.8) is 0 Å². The first kappa shape index (κ1) is 17.0. The standard InChI is InChI=1S/C17H15Cl2N3OS/c1-10-8-12(4-6-14(10)18)21-16(20-3)24-22(17(21)23)13-5-7-15(19)11(2)9-13/h4-9H,1-3H3. The van der Waals surface area contributed by atoms with E-state index in [-0.39, 0.29) is 5.69 Å². The topological polar surface area (TPSA) is 39.3 Å². The van der Waals surface area contributed by atoms with E-state index in [0.29, 0.717) is 14.8 Å². The number of benzene rings is 2. The summed E-state index contributed by atoms with van der Waals surface area (Å²) in [5.74, 6) is 0. The highest BCUT2D eigenvalue weighted by Gasteiger charge is 2.13. The van der Waals surface area contributed by atoms with Crippen LogP contribution in [-0.2, 0) is 0 Å². The molecule has 124 valence electrons. The molecule has 4 nitrogen and oxygen atoms in total. The van der Waals surface area contributed by atoms with Gasteiger partial charge in [0.15, 0.2) is 0 Å². The monoisotopic (exact) mass is 379 g/mol. The van der Waals surface area contributed by atoms with Gasteiger partial charge in [-0.25, -0.2) is 13.3 Å². The SMILES string of the molecule is CN=c1sn(-c2ccc(Cl)c(C)c2)c(=O)n1-c1ccc(Cl)c(C)c1. The Labute approximate surface area is 153 Å². The molecule has 0 amide bonds. The van der Waals surface area contributed by atoms with Gasteiger partial charge in [-0.2, -0.15) is 0 Å². The minimum Gasteiger partial charge on any atom is -0.261 e. The van der Waals surface area contributed by atoms with Crippen molar-refractivity contribution in [2.24, 2.45) is 4.99 Å². The first-order chi connectivity index (χ1) is 11.4. The summed E-state index contributed by atoms with van der Waals surface area (Å²) in [5.41, 5.74) is 3.15. The predicted octanol–water partition coefficient (Wildman–Crippen LogP) is 4.14. The van der Waals surface area contributed by atoms with Gasteiger partial charge in [0.2, 0.25) is 4.80 Å². The van der Waals surface area contributed by atoms with Crippen molar-refractivity contribution in [3.05, 3.63) is 72.9 Å². The maximum Gasteiger partial charge on any atom is 0.349 e. The molecule has 2 aromatic carbocycles. The smallest absolute Gasteiger partial charge is 0.261 e. The lowest BCUT2D eigenvalue weighted by molar-refractivity contribution is 0.884. The lowest BCUT2D eigenvalue weighted by Gasteiger charge is -2.05. The second kappa shape index (κ2) is 6.59. The molecule has 0 aliphatic heterocycles. The van der Waals surface area contributed by atoms with E-state index < -0.39 is 0 Å². The molecule has 24 heavy (non-hydrogen) atoms. The molecule has 0 N–H and O–H groups in total. The third kappa shape index (κ3) is 2.95. The van der Waals surface area contributed by atoms with Crippen LogP contribution in [0.25, 0.3) is 11.4 Å². The molecule has 0 aliphatic rings. The molecule has 0 bridgehead atoms. The Morgan fingerprint density at radius 1 is 0.958 bits per heavy atom. The van der Waals surface area contributed by atoms with Crippen LogP contribution in [0, 0.1) is 13.8 Å². The molecule has 7 heteroatoms. The van der Waals surface area contributed by atoms with Gasteiger partial charge >= 0.3 is 5.69 Å². The van der Waals surface area contributed by atoms with Crippen LogP contribution in [0.5, 0.6) is 0 Å². The van der Waals surface area contributed by atoms with Gasteiger partial charge in [0, 0.05) is 17.1 Å². The Hall–Kier alpha value is -1.82. The van der Waals surface area contributed by atoms with Crippen molar-refractivity contribution in [1.82, 2.24) is 8.52 Å². The molecule has 0 spiro atoms. The Bertz CT molecular complexity index is 1050. The van der Waals surface area contributed by atoms with Gasteiger partial charge in [0.25, 0.3) is 0 Å². The van der Waals surface area contributed by atoms with Crippen molar-refractivity contribution in [2.75, 3.05) is 7.05 Å². The quantitative estimate of drug-likeness (QED) is 0.659. The van der Waals surface area contributed by atoms with E-state index in [1.54, 1.807) is 27.7 Å². The average Bonchev–Trinajstić information content (AvgIpc) is 2.89. The summed E-state index contributed by atoms with van der Waals surface area (Å²) in [7, 11) is 1.67. The van der Waals surface area contributed by atoms with Crippen molar-refractivity contribution in [2.45, 2.75) is 13.8 Å². The van der Waals surface area contributed by atoms with Crippen molar-refractivity contribution in [3.8, 4) is 11.4 Å². The third-order valence-corrected chi connectivity index (χ3v) is 5.62. The van der Waals surface area contributed by atoms with Crippen molar-refractivity contribution in [1.29, 1.82) is 0 Å². The van der Waals surface area contributed by atoms with Gasteiger partial charge in [0.05, 0.1) is 11.4 Å². The van der Waals surface area contributed by atoms with Crippen LogP contribution in [0.15, 0.2) is 46.2 Å². The van der Waals surface area contributed by atoms with Gasteiger partial charge in [-0.05, 0) is 72.9 Å². The fourth-order valence-electron chi connectivity index (χ4n) is 2.38. The van der Waals surface area contributed by atoms with Crippen LogP contribution >= 0.6 is 34.7 Å². The van der Waals surface area contributed by atoms with E-state index in [2.05, 4.69) is 4.99 Å². The molecule has 0 saturated heterocycles. The number of nitrogens with zero attached hydrogens (tertiary/aromatic N) is 3. The molecule has 3 aromatic rings. The highest BCUT2D eigenvalue weighted by atomic mass is 35.5. The van der Waals surface area contributed by atoms with Gasteiger partial charge in [-0.1, -0.05) is 23.2 Å². The molecule has 1 aromatic heterocycles. The fourth-order valence-corrected chi connectivity index (χ4v) is 3.51. The molecule has 1 heterocycles. The number of aromatic nitrogens is 2. The number of halogens is 2. The van der Waals surface area contributed by atoms with Crippen LogP contribution in [0.2, 0.25) is 10.0 Å². The summed E-state index contributed by atoms with van der Waals surface area (Å²) in [6.07, 6.45) is 0. The van der Waals surface area contributed by atoms with Gasteiger partial charge in [-0.15, -0.1) is 0 Å². The molecule has 0 saturated carbocycles. The largest absolute Gasteiger partial charge is 0.349 e. The Kier molecular flexibility index (Phi) is 4.67. The van der Waals surface area contributed by atoms with Crippen molar-refractivity contribution >= 4 is 34.7 Å². The molecule has 0 unspecified atom stereocenters. The Morgan fingerprint density at radius 3 is 2.04 bits per heavy atom. The highest BCUT2D eigenvalue weighted by Crippen LogP contribution is 2.20. The minimum absolute atomic E-state index is 0.177. The van der Waals surface area contributed by atoms with E-state index in [4.69, 9.17) is 23.2 Å². The second-order valence-electron chi connectivity index (χ2n) is 5.38. The predicted molar refractivity (Wildman–Crippen MR) is 100 cm³/mol. The second-order valence-corrected chi connectivity index (χ2v) is 7.10. The van der Waals surface area contributed by atoms with Gasteiger partial charge in [-0.3, -0.25) is 4.99 Å². The van der Waals surface area contributed by atoms with Gasteiger partial charge in [0.1, 0.15) is 0 Å². The summed E-state index contributed by atoms with van der Waals surface area (Å²) in [5, 5.41) is 1.34.